The van der Waals surface area contributed by atoms with Crippen LogP contribution in [0.15, 0.2) is 12.1 Å². The standard InChI is InChI=1S/C17H18Cl2N2O4/c1-2-25-14(22)9-21-12-6-8-20(17(23)24)7-5-10(12)15-13(21)4-3-11(18)16(15)19/h3-4H,2,5-9H2,1H3,(H,23,24). The van der Waals surface area contributed by atoms with Crippen LogP contribution in [-0.4, -0.2) is 46.3 Å². The zero-order valence-corrected chi connectivity index (χ0v) is 15.2. The van der Waals surface area contributed by atoms with Gasteiger partial charge in [0.1, 0.15) is 6.54 Å². The maximum absolute atomic E-state index is 12.0. The van der Waals surface area contributed by atoms with Crippen molar-refractivity contribution >= 4 is 46.2 Å². The fourth-order valence-electron chi connectivity index (χ4n) is 3.37. The number of benzene rings is 1. The normalized spacial score (nSPS) is 14.3. The van der Waals surface area contributed by atoms with Crippen LogP contribution in [0.25, 0.3) is 10.9 Å². The molecule has 0 fully saturated rings. The van der Waals surface area contributed by atoms with Crippen molar-refractivity contribution in [2.45, 2.75) is 26.3 Å². The van der Waals surface area contributed by atoms with Crippen LogP contribution in [0.1, 0.15) is 18.2 Å². The molecule has 1 aromatic heterocycles. The molecule has 2 aromatic rings. The Morgan fingerprint density at radius 1 is 1.24 bits per heavy atom. The zero-order valence-electron chi connectivity index (χ0n) is 13.7. The smallest absolute Gasteiger partial charge is 0.407 e. The van der Waals surface area contributed by atoms with E-state index in [2.05, 4.69) is 0 Å². The van der Waals surface area contributed by atoms with Crippen LogP contribution in [0.3, 0.4) is 0 Å². The topological polar surface area (TPSA) is 71.8 Å². The van der Waals surface area contributed by atoms with Crippen molar-refractivity contribution in [2.24, 2.45) is 0 Å². The second kappa shape index (κ2) is 7.14. The summed E-state index contributed by atoms with van der Waals surface area (Å²) in [5.41, 5.74) is 2.68. The van der Waals surface area contributed by atoms with Gasteiger partial charge in [-0.2, -0.15) is 0 Å². The molecule has 0 spiro atoms. The number of aromatic nitrogens is 1. The van der Waals surface area contributed by atoms with E-state index in [1.165, 1.54) is 4.90 Å². The van der Waals surface area contributed by atoms with Gasteiger partial charge >= 0.3 is 12.1 Å². The van der Waals surface area contributed by atoms with Gasteiger partial charge in [0.2, 0.25) is 0 Å². The number of hydrogen-bond donors (Lipinski definition) is 1. The highest BCUT2D eigenvalue weighted by atomic mass is 35.5. The van der Waals surface area contributed by atoms with E-state index < -0.39 is 6.09 Å². The molecule has 0 saturated carbocycles. The van der Waals surface area contributed by atoms with Crippen LogP contribution in [0.2, 0.25) is 10.0 Å². The molecule has 1 N–H and O–H groups in total. The maximum Gasteiger partial charge on any atom is 0.407 e. The van der Waals surface area contributed by atoms with Crippen molar-refractivity contribution in [1.29, 1.82) is 0 Å². The van der Waals surface area contributed by atoms with Crippen LogP contribution in [0.5, 0.6) is 0 Å². The molecule has 0 saturated heterocycles. The molecule has 3 rings (SSSR count). The van der Waals surface area contributed by atoms with E-state index in [4.69, 9.17) is 27.9 Å². The van der Waals surface area contributed by atoms with E-state index in [1.807, 2.05) is 10.6 Å². The number of nitrogens with zero attached hydrogens (tertiary/aromatic N) is 2. The van der Waals surface area contributed by atoms with Crippen LogP contribution in [-0.2, 0) is 28.9 Å². The summed E-state index contributed by atoms with van der Waals surface area (Å²) in [4.78, 5) is 24.7. The van der Waals surface area contributed by atoms with Crippen molar-refractivity contribution in [3.63, 3.8) is 0 Å². The van der Waals surface area contributed by atoms with Crippen LogP contribution in [0, 0.1) is 0 Å². The molecular weight excluding hydrogens is 367 g/mol. The number of carboxylic acid groups (broad SMARTS) is 1. The molecule has 0 radical (unpaired) electrons. The number of esters is 1. The number of halogens is 2. The van der Waals surface area contributed by atoms with Crippen molar-refractivity contribution in [2.75, 3.05) is 19.7 Å². The molecule has 1 aliphatic rings. The number of carbonyl (C=O) groups excluding carboxylic acids is 1. The molecule has 25 heavy (non-hydrogen) atoms. The molecule has 1 aromatic carbocycles. The van der Waals surface area contributed by atoms with Gasteiger partial charge in [-0.25, -0.2) is 4.79 Å². The molecular formula is C17H18Cl2N2O4. The average molecular weight is 385 g/mol. The van der Waals surface area contributed by atoms with E-state index in [-0.39, 0.29) is 12.5 Å². The Kier molecular flexibility index (Phi) is 5.11. The van der Waals surface area contributed by atoms with Gasteiger partial charge in [-0.3, -0.25) is 4.79 Å². The molecule has 8 heteroatoms. The summed E-state index contributed by atoms with van der Waals surface area (Å²) < 4.78 is 6.95. The number of amides is 1. The Morgan fingerprint density at radius 2 is 1.96 bits per heavy atom. The lowest BCUT2D eigenvalue weighted by molar-refractivity contribution is -0.143. The summed E-state index contributed by atoms with van der Waals surface area (Å²) in [5.74, 6) is -0.340. The molecule has 0 unspecified atom stereocenters. The molecule has 1 aliphatic heterocycles. The van der Waals surface area contributed by atoms with Crippen molar-refractivity contribution in [3.05, 3.63) is 33.4 Å². The molecule has 0 bridgehead atoms. The van der Waals surface area contributed by atoms with Crippen molar-refractivity contribution in [1.82, 2.24) is 9.47 Å². The third kappa shape index (κ3) is 3.28. The molecule has 1 amide bonds. The molecule has 0 atom stereocenters. The number of ether oxygens (including phenoxy) is 1. The minimum Gasteiger partial charge on any atom is -0.465 e. The first kappa shape index (κ1) is 17.9. The van der Waals surface area contributed by atoms with E-state index in [1.54, 1.807) is 13.0 Å². The fraction of sp³-hybridized carbons (Fsp3) is 0.412. The highest BCUT2D eigenvalue weighted by molar-refractivity contribution is 6.45. The second-order valence-electron chi connectivity index (χ2n) is 5.84. The summed E-state index contributed by atoms with van der Waals surface area (Å²) in [7, 11) is 0. The van der Waals surface area contributed by atoms with E-state index in [9.17, 15) is 14.7 Å². The zero-order chi connectivity index (χ0) is 18.1. The summed E-state index contributed by atoms with van der Waals surface area (Å²) in [6.07, 6.45) is 0.0769. The van der Waals surface area contributed by atoms with E-state index >= 15 is 0 Å². The Labute approximate surface area is 154 Å². The summed E-state index contributed by atoms with van der Waals surface area (Å²) in [6.45, 7) is 2.87. The lowest BCUT2D eigenvalue weighted by atomic mass is 10.1. The molecule has 2 heterocycles. The lowest BCUT2D eigenvalue weighted by Gasteiger charge is -2.16. The number of hydrogen-bond acceptors (Lipinski definition) is 3. The Balaban J connectivity index is 2.13. The Morgan fingerprint density at radius 3 is 2.64 bits per heavy atom. The van der Waals surface area contributed by atoms with Crippen molar-refractivity contribution < 1.29 is 19.4 Å². The monoisotopic (exact) mass is 384 g/mol. The maximum atomic E-state index is 12.0. The Hall–Kier alpha value is -1.92. The Bertz CT molecular complexity index is 847. The van der Waals surface area contributed by atoms with Crippen LogP contribution < -0.4 is 0 Å². The van der Waals surface area contributed by atoms with Gasteiger partial charge in [0, 0.05) is 30.6 Å². The van der Waals surface area contributed by atoms with Crippen LogP contribution in [0.4, 0.5) is 4.79 Å². The molecule has 0 aliphatic carbocycles. The second-order valence-corrected chi connectivity index (χ2v) is 6.63. The average Bonchev–Trinajstić information content (AvgIpc) is 2.71. The first-order valence-electron chi connectivity index (χ1n) is 8.05. The summed E-state index contributed by atoms with van der Waals surface area (Å²) in [6, 6.07) is 3.54. The first-order chi connectivity index (χ1) is 11.9. The number of fused-ring (bicyclic) bond motifs is 3. The minimum absolute atomic E-state index is 0.0602. The summed E-state index contributed by atoms with van der Waals surface area (Å²) >= 11 is 12.6. The third-order valence-electron chi connectivity index (χ3n) is 4.45. The fourth-order valence-corrected chi connectivity index (χ4v) is 3.80. The SMILES string of the molecule is CCOC(=O)Cn1c2c(c3c(Cl)c(Cl)ccc31)CCN(C(=O)O)CC2. The number of rotatable bonds is 3. The first-order valence-corrected chi connectivity index (χ1v) is 8.81. The number of carbonyl (C=O) groups is 2. The highest BCUT2D eigenvalue weighted by Crippen LogP contribution is 2.38. The predicted octanol–water partition coefficient (Wildman–Crippen LogP) is 3.59. The van der Waals surface area contributed by atoms with E-state index in [0.717, 1.165) is 22.2 Å². The van der Waals surface area contributed by atoms with Gasteiger partial charge in [0.15, 0.2) is 0 Å². The van der Waals surface area contributed by atoms with Gasteiger partial charge in [-0.1, -0.05) is 23.2 Å². The lowest BCUT2D eigenvalue weighted by Crippen LogP contribution is -2.32. The largest absolute Gasteiger partial charge is 0.465 e. The van der Waals surface area contributed by atoms with Gasteiger partial charge < -0.3 is 19.3 Å². The van der Waals surface area contributed by atoms with Crippen LogP contribution >= 0.6 is 23.2 Å². The summed E-state index contributed by atoms with van der Waals surface area (Å²) in [5, 5.41) is 10.9. The van der Waals surface area contributed by atoms with Gasteiger partial charge in [-0.15, -0.1) is 0 Å². The van der Waals surface area contributed by atoms with Crippen molar-refractivity contribution in [3.8, 4) is 0 Å². The third-order valence-corrected chi connectivity index (χ3v) is 5.26. The van der Waals surface area contributed by atoms with Gasteiger partial charge in [-0.05, 0) is 31.0 Å². The quantitative estimate of drug-likeness (QED) is 0.820. The predicted molar refractivity (Wildman–Crippen MR) is 95.6 cm³/mol. The van der Waals surface area contributed by atoms with E-state index in [0.29, 0.717) is 42.6 Å². The minimum atomic E-state index is -0.949. The highest BCUT2D eigenvalue weighted by Gasteiger charge is 2.26. The molecule has 134 valence electrons. The molecule has 6 nitrogen and oxygen atoms in total. The van der Waals surface area contributed by atoms with Gasteiger partial charge in [0.05, 0.1) is 22.2 Å². The van der Waals surface area contributed by atoms with Gasteiger partial charge in [0.25, 0.3) is 0 Å².